The van der Waals surface area contributed by atoms with Gasteiger partial charge in [-0.2, -0.15) is 13.2 Å². The molecule has 0 aliphatic carbocycles. The quantitative estimate of drug-likeness (QED) is 0.507. The summed E-state index contributed by atoms with van der Waals surface area (Å²) in [6.07, 6.45) is -4.57. The molecule has 1 aromatic heterocycles. The number of pyridine rings is 1. The number of hydrogen-bond acceptors (Lipinski definition) is 5. The molecule has 174 valence electrons. The van der Waals surface area contributed by atoms with E-state index < -0.39 is 34.3 Å². The van der Waals surface area contributed by atoms with Crippen LogP contribution < -0.4 is 16.2 Å². The van der Waals surface area contributed by atoms with E-state index in [-0.39, 0.29) is 23.7 Å². The third-order valence-corrected chi connectivity index (χ3v) is 5.13. The van der Waals surface area contributed by atoms with E-state index >= 15 is 0 Å². The number of benzene rings is 2. The highest BCUT2D eigenvalue weighted by molar-refractivity contribution is 7.79. The van der Waals surface area contributed by atoms with Gasteiger partial charge in [0.15, 0.2) is 0 Å². The van der Waals surface area contributed by atoms with Gasteiger partial charge < -0.3 is 15.2 Å². The summed E-state index contributed by atoms with van der Waals surface area (Å²) in [5.74, 6) is -0.911. The van der Waals surface area contributed by atoms with Crippen molar-refractivity contribution in [1.29, 1.82) is 0 Å². The average molecular weight is 478 g/mol. The Balaban J connectivity index is 1.79. The van der Waals surface area contributed by atoms with E-state index in [1.54, 1.807) is 31.2 Å². The van der Waals surface area contributed by atoms with E-state index in [1.807, 2.05) is 0 Å². The monoisotopic (exact) mass is 478 g/mol. The molecule has 3 rings (SSSR count). The molecule has 1 atom stereocenters. The van der Waals surface area contributed by atoms with Gasteiger partial charge in [-0.3, -0.25) is 18.4 Å². The number of nitrogens with one attached hydrogen (secondary N) is 2. The number of halogens is 3. The fourth-order valence-corrected chi connectivity index (χ4v) is 3.39. The first-order chi connectivity index (χ1) is 15.6. The molecule has 0 bridgehead atoms. The zero-order valence-corrected chi connectivity index (χ0v) is 18.1. The number of anilines is 1. The van der Waals surface area contributed by atoms with Gasteiger partial charge >= 0.3 is 6.18 Å². The maximum absolute atomic E-state index is 13.1. The third-order valence-electron chi connectivity index (χ3n) is 4.75. The van der Waals surface area contributed by atoms with Gasteiger partial charge in [0.1, 0.15) is 5.56 Å². The first-order valence-electron chi connectivity index (χ1n) is 9.63. The molecule has 1 unspecified atom stereocenters. The fourth-order valence-electron chi connectivity index (χ4n) is 3.11. The number of amides is 1. The highest BCUT2D eigenvalue weighted by Crippen LogP contribution is 2.30. The van der Waals surface area contributed by atoms with Crippen LogP contribution in [0.5, 0.6) is 0 Å². The van der Waals surface area contributed by atoms with Crippen molar-refractivity contribution in [2.24, 2.45) is 0 Å². The van der Waals surface area contributed by atoms with Crippen LogP contribution in [-0.4, -0.2) is 25.1 Å². The molecule has 1 amide bonds. The van der Waals surface area contributed by atoms with Gasteiger partial charge in [-0.1, -0.05) is 18.2 Å². The van der Waals surface area contributed by atoms with Crippen LogP contribution in [0.25, 0.3) is 5.69 Å². The van der Waals surface area contributed by atoms with E-state index in [1.165, 1.54) is 24.3 Å². The number of aryl methyl sites for hydroxylation is 1. The summed E-state index contributed by atoms with van der Waals surface area (Å²) in [6, 6.07) is 13.8. The largest absolute Gasteiger partial charge is 0.771 e. The summed E-state index contributed by atoms with van der Waals surface area (Å²) in [4.78, 5) is 25.6. The number of carbonyl (C=O) groups excluding carboxylic acids is 1. The first-order valence-corrected chi connectivity index (χ1v) is 10.9. The van der Waals surface area contributed by atoms with Gasteiger partial charge in [0.25, 0.3) is 11.5 Å². The first kappa shape index (κ1) is 24.2. The Kier molecular flexibility index (Phi) is 7.34. The smallest absolute Gasteiger partial charge is 0.416 e. The van der Waals surface area contributed by atoms with Crippen LogP contribution in [0.4, 0.5) is 18.9 Å². The Hall–Kier alpha value is -3.44. The van der Waals surface area contributed by atoms with Gasteiger partial charge in [0, 0.05) is 23.6 Å². The molecule has 0 saturated carbocycles. The molecule has 0 fully saturated rings. The van der Waals surface area contributed by atoms with Gasteiger partial charge in [-0.25, -0.2) is 0 Å². The summed E-state index contributed by atoms with van der Waals surface area (Å²) in [6.45, 7) is 1.64. The predicted molar refractivity (Wildman–Crippen MR) is 117 cm³/mol. The second kappa shape index (κ2) is 10.0. The van der Waals surface area contributed by atoms with Crippen molar-refractivity contribution in [2.75, 3.05) is 11.2 Å². The predicted octanol–water partition coefficient (Wildman–Crippen LogP) is 3.34. The minimum absolute atomic E-state index is 0.00377. The summed E-state index contributed by atoms with van der Waals surface area (Å²) in [7, 11) is 0. The lowest BCUT2D eigenvalue weighted by Crippen LogP contribution is -2.33. The lowest BCUT2D eigenvalue weighted by molar-refractivity contribution is -0.137. The Morgan fingerprint density at radius 3 is 2.42 bits per heavy atom. The normalized spacial score (nSPS) is 12.3. The van der Waals surface area contributed by atoms with Crippen LogP contribution in [0.3, 0.4) is 0 Å². The zero-order valence-electron chi connectivity index (χ0n) is 17.3. The summed E-state index contributed by atoms with van der Waals surface area (Å²) in [5.41, 5.74) is -0.201. The maximum atomic E-state index is 13.1. The van der Waals surface area contributed by atoms with Crippen molar-refractivity contribution in [3.05, 3.63) is 93.4 Å². The maximum Gasteiger partial charge on any atom is 0.416 e. The molecule has 7 nitrogen and oxygen atoms in total. The van der Waals surface area contributed by atoms with E-state index in [0.29, 0.717) is 16.9 Å². The third kappa shape index (κ3) is 6.08. The van der Waals surface area contributed by atoms with Crippen LogP contribution in [-0.2, 0) is 23.8 Å². The van der Waals surface area contributed by atoms with Crippen molar-refractivity contribution < 1.29 is 26.7 Å². The fraction of sp³-hybridized carbons (Fsp3) is 0.182. The zero-order chi connectivity index (χ0) is 24.2. The molecule has 1 heterocycles. The topological polar surface area (TPSA) is 103 Å². The highest BCUT2D eigenvalue weighted by Gasteiger charge is 2.30. The van der Waals surface area contributed by atoms with Crippen LogP contribution >= 0.6 is 0 Å². The lowest BCUT2D eigenvalue weighted by Gasteiger charge is -2.14. The minimum atomic E-state index is -4.57. The number of hydrogen-bond donors (Lipinski definition) is 2. The highest BCUT2D eigenvalue weighted by atomic mass is 32.2. The molecule has 3 aromatic rings. The van der Waals surface area contributed by atoms with Crippen molar-refractivity contribution in [3.63, 3.8) is 0 Å². The van der Waals surface area contributed by atoms with E-state index in [9.17, 15) is 31.5 Å². The molecule has 0 saturated heterocycles. The Bertz CT molecular complexity index is 1240. The minimum Gasteiger partial charge on any atom is -0.771 e. The summed E-state index contributed by atoms with van der Waals surface area (Å²) in [5, 5.41) is 5.30. The number of aromatic nitrogens is 1. The average Bonchev–Trinajstić information content (AvgIpc) is 2.76. The van der Waals surface area contributed by atoms with E-state index in [0.717, 1.165) is 16.7 Å². The summed E-state index contributed by atoms with van der Waals surface area (Å²) < 4.78 is 61.5. The number of alkyl halides is 3. The van der Waals surface area contributed by atoms with Crippen molar-refractivity contribution in [1.82, 2.24) is 9.88 Å². The van der Waals surface area contributed by atoms with E-state index in [4.69, 9.17) is 0 Å². The molecule has 0 aliphatic heterocycles. The van der Waals surface area contributed by atoms with Crippen LogP contribution in [0, 0.1) is 6.92 Å². The number of rotatable bonds is 7. The van der Waals surface area contributed by atoms with Gasteiger partial charge in [0.2, 0.25) is 0 Å². The molecule has 0 aliphatic rings. The Morgan fingerprint density at radius 2 is 1.79 bits per heavy atom. The second-order valence-electron chi connectivity index (χ2n) is 7.08. The SMILES string of the molecule is Cc1ccc(C(=O)NCc2ccc(NCS(=O)[O-])cc2)c(=O)n1-c1cccc(C(F)(F)F)c1. The number of nitrogens with zero attached hydrogens (tertiary/aromatic N) is 1. The Morgan fingerprint density at radius 1 is 1.09 bits per heavy atom. The molecule has 33 heavy (non-hydrogen) atoms. The molecular formula is C22H19F3N3O4S-. The van der Waals surface area contributed by atoms with Crippen LogP contribution in [0.1, 0.15) is 27.2 Å². The molecule has 0 radical (unpaired) electrons. The van der Waals surface area contributed by atoms with Crippen molar-refractivity contribution in [3.8, 4) is 5.69 Å². The standard InChI is InChI=1S/C22H20F3N3O4S/c1-14-5-10-19(21(30)28(14)18-4-2-3-16(11-18)22(23,24)25)20(29)26-12-15-6-8-17(9-7-15)27-13-33(31)32/h2-11,27H,12-13H2,1H3,(H,26,29)(H,31,32)/p-1. The lowest BCUT2D eigenvalue weighted by atomic mass is 10.1. The summed E-state index contributed by atoms with van der Waals surface area (Å²) >= 11 is -2.23. The van der Waals surface area contributed by atoms with Crippen LogP contribution in [0.2, 0.25) is 0 Å². The van der Waals surface area contributed by atoms with Gasteiger partial charge in [-0.05, 0) is 66.0 Å². The van der Waals surface area contributed by atoms with Gasteiger partial charge in [0.05, 0.1) is 11.4 Å². The molecule has 11 heteroatoms. The van der Waals surface area contributed by atoms with E-state index in [2.05, 4.69) is 10.6 Å². The molecule has 0 spiro atoms. The van der Waals surface area contributed by atoms with Crippen molar-refractivity contribution in [2.45, 2.75) is 19.6 Å². The second-order valence-corrected chi connectivity index (χ2v) is 7.98. The van der Waals surface area contributed by atoms with Crippen LogP contribution in [0.15, 0.2) is 65.5 Å². The molecule has 2 aromatic carbocycles. The number of carbonyl (C=O) groups is 1. The Labute approximate surface area is 189 Å². The molecular weight excluding hydrogens is 459 g/mol. The molecule has 2 N–H and O–H groups in total. The van der Waals surface area contributed by atoms with Crippen molar-refractivity contribution >= 4 is 22.7 Å². The van der Waals surface area contributed by atoms with Gasteiger partial charge in [-0.15, -0.1) is 0 Å².